The first kappa shape index (κ1) is 12.1. The zero-order chi connectivity index (χ0) is 12.3. The van der Waals surface area contributed by atoms with E-state index in [0.29, 0.717) is 0 Å². The van der Waals surface area contributed by atoms with Crippen LogP contribution in [0.5, 0.6) is 0 Å². The van der Waals surface area contributed by atoms with Gasteiger partial charge in [0.2, 0.25) is 0 Å². The first-order valence-corrected chi connectivity index (χ1v) is 6.76. The summed E-state index contributed by atoms with van der Waals surface area (Å²) >= 11 is 1.72. The minimum absolute atomic E-state index is 0.925. The van der Waals surface area contributed by atoms with Gasteiger partial charge in [-0.1, -0.05) is 31.2 Å². The lowest BCUT2D eigenvalue weighted by Gasteiger charge is -2.01. The normalized spacial score (nSPS) is 10.5. The van der Waals surface area contributed by atoms with E-state index in [2.05, 4.69) is 48.4 Å². The number of aromatic nitrogens is 1. The zero-order valence-electron chi connectivity index (χ0n) is 10.6. The molecule has 0 amide bonds. The molecule has 0 bridgehead atoms. The van der Waals surface area contributed by atoms with Gasteiger partial charge in [-0.15, -0.1) is 11.3 Å². The number of nitrogens with one attached hydrogen (secondary N) is 1. The highest BCUT2D eigenvalue weighted by Gasteiger charge is 2.07. The van der Waals surface area contributed by atoms with Crippen molar-refractivity contribution in [2.75, 3.05) is 12.4 Å². The number of benzene rings is 1. The second-order valence-corrected chi connectivity index (χ2v) is 5.32. The van der Waals surface area contributed by atoms with Crippen LogP contribution in [0, 0.1) is 6.92 Å². The summed E-state index contributed by atoms with van der Waals surface area (Å²) in [4.78, 5) is 5.87. The molecule has 2 rings (SSSR count). The lowest BCUT2D eigenvalue weighted by Crippen LogP contribution is -1.92. The van der Waals surface area contributed by atoms with Crippen LogP contribution in [-0.2, 0) is 12.8 Å². The van der Waals surface area contributed by atoms with Crippen molar-refractivity contribution in [1.29, 1.82) is 0 Å². The maximum Gasteiger partial charge on any atom is 0.182 e. The Bertz CT molecular complexity index is 485. The van der Waals surface area contributed by atoms with Gasteiger partial charge in [0.05, 0.1) is 5.69 Å². The monoisotopic (exact) mass is 246 g/mol. The molecule has 0 saturated carbocycles. The molecule has 3 heteroatoms. The molecule has 90 valence electrons. The summed E-state index contributed by atoms with van der Waals surface area (Å²) in [7, 11) is 1.91. The van der Waals surface area contributed by atoms with Crippen LogP contribution in [0.3, 0.4) is 0 Å². The Labute approximate surface area is 107 Å². The zero-order valence-corrected chi connectivity index (χ0v) is 11.4. The first-order chi connectivity index (χ1) is 8.22. The predicted molar refractivity (Wildman–Crippen MR) is 75.0 cm³/mol. The molecule has 1 heterocycles. The topological polar surface area (TPSA) is 24.9 Å². The van der Waals surface area contributed by atoms with Crippen LogP contribution in [-0.4, -0.2) is 12.0 Å². The molecule has 1 aromatic carbocycles. The second kappa shape index (κ2) is 5.32. The van der Waals surface area contributed by atoms with Crippen molar-refractivity contribution in [2.45, 2.75) is 26.7 Å². The molecular weight excluding hydrogens is 228 g/mol. The van der Waals surface area contributed by atoms with Gasteiger partial charge in [0.1, 0.15) is 0 Å². The van der Waals surface area contributed by atoms with E-state index < -0.39 is 0 Å². The molecule has 0 fully saturated rings. The summed E-state index contributed by atoms with van der Waals surface area (Å²) in [6.45, 7) is 4.31. The minimum Gasteiger partial charge on any atom is -0.365 e. The molecule has 0 aliphatic carbocycles. The Balaban J connectivity index is 2.16. The average molecular weight is 246 g/mol. The maximum atomic E-state index is 4.57. The summed E-state index contributed by atoms with van der Waals surface area (Å²) < 4.78 is 0. The molecule has 0 radical (unpaired) electrons. The van der Waals surface area contributed by atoms with E-state index >= 15 is 0 Å². The Morgan fingerprint density at radius 1 is 1.18 bits per heavy atom. The fraction of sp³-hybridized carbons (Fsp3) is 0.357. The highest BCUT2D eigenvalue weighted by atomic mass is 32.1. The van der Waals surface area contributed by atoms with Crippen molar-refractivity contribution >= 4 is 16.5 Å². The van der Waals surface area contributed by atoms with Crippen molar-refractivity contribution in [3.05, 3.63) is 46.0 Å². The Morgan fingerprint density at radius 3 is 2.35 bits per heavy atom. The van der Waals surface area contributed by atoms with E-state index in [1.54, 1.807) is 11.3 Å². The van der Waals surface area contributed by atoms with Gasteiger partial charge < -0.3 is 5.32 Å². The van der Waals surface area contributed by atoms with Crippen molar-refractivity contribution < 1.29 is 0 Å². The van der Waals surface area contributed by atoms with Crippen molar-refractivity contribution in [3.8, 4) is 0 Å². The number of rotatable bonds is 4. The quantitative estimate of drug-likeness (QED) is 0.890. The Hall–Kier alpha value is -1.35. The summed E-state index contributed by atoms with van der Waals surface area (Å²) in [6, 6.07) is 8.82. The third-order valence-electron chi connectivity index (χ3n) is 2.91. The molecule has 0 aliphatic heterocycles. The molecule has 2 aromatic rings. The van der Waals surface area contributed by atoms with E-state index in [0.717, 1.165) is 18.0 Å². The van der Waals surface area contributed by atoms with Crippen molar-refractivity contribution in [1.82, 2.24) is 4.98 Å². The van der Waals surface area contributed by atoms with Crippen LogP contribution in [0.4, 0.5) is 5.13 Å². The number of hydrogen-bond acceptors (Lipinski definition) is 3. The summed E-state index contributed by atoms with van der Waals surface area (Å²) in [5, 5.41) is 4.10. The van der Waals surface area contributed by atoms with Crippen molar-refractivity contribution in [2.24, 2.45) is 0 Å². The van der Waals surface area contributed by atoms with E-state index in [-0.39, 0.29) is 0 Å². The molecule has 1 N–H and O–H groups in total. The number of nitrogens with zero attached hydrogens (tertiary/aromatic N) is 1. The third kappa shape index (κ3) is 2.86. The summed E-state index contributed by atoms with van der Waals surface area (Å²) in [5.41, 5.74) is 3.90. The SMILES string of the molecule is CCc1ccc(Cc2nc(NC)sc2C)cc1. The lowest BCUT2D eigenvalue weighted by molar-refractivity contribution is 1.07. The molecule has 17 heavy (non-hydrogen) atoms. The maximum absolute atomic E-state index is 4.57. The number of thiazole rings is 1. The van der Waals surface area contributed by atoms with Gasteiger partial charge in [0.15, 0.2) is 5.13 Å². The van der Waals surface area contributed by atoms with Crippen LogP contribution in [0.25, 0.3) is 0 Å². The van der Waals surface area contributed by atoms with Gasteiger partial charge in [-0.25, -0.2) is 4.98 Å². The van der Waals surface area contributed by atoms with Crippen LogP contribution in [0.1, 0.15) is 28.6 Å². The molecular formula is C14H18N2S. The van der Waals surface area contributed by atoms with Crippen LogP contribution in [0.15, 0.2) is 24.3 Å². The highest BCUT2D eigenvalue weighted by Crippen LogP contribution is 2.23. The van der Waals surface area contributed by atoms with Gasteiger partial charge >= 0.3 is 0 Å². The van der Waals surface area contributed by atoms with E-state index in [9.17, 15) is 0 Å². The molecule has 2 nitrogen and oxygen atoms in total. The molecule has 1 aromatic heterocycles. The molecule has 0 spiro atoms. The van der Waals surface area contributed by atoms with E-state index in [4.69, 9.17) is 0 Å². The van der Waals surface area contributed by atoms with Crippen molar-refractivity contribution in [3.63, 3.8) is 0 Å². The largest absolute Gasteiger partial charge is 0.365 e. The average Bonchev–Trinajstić information content (AvgIpc) is 2.71. The highest BCUT2D eigenvalue weighted by molar-refractivity contribution is 7.15. The number of hydrogen-bond donors (Lipinski definition) is 1. The number of aryl methyl sites for hydroxylation is 2. The van der Waals surface area contributed by atoms with Gasteiger partial charge in [0, 0.05) is 18.3 Å². The minimum atomic E-state index is 0.925. The standard InChI is InChI=1S/C14H18N2S/c1-4-11-5-7-12(8-6-11)9-13-10(2)17-14(15-3)16-13/h5-8H,4,9H2,1-3H3,(H,15,16). The summed E-state index contributed by atoms with van der Waals surface area (Å²) in [6.07, 6.45) is 2.02. The van der Waals surface area contributed by atoms with E-state index in [1.807, 2.05) is 7.05 Å². The first-order valence-electron chi connectivity index (χ1n) is 5.94. The third-order valence-corrected chi connectivity index (χ3v) is 3.94. The van der Waals surface area contributed by atoms with Gasteiger partial charge in [-0.3, -0.25) is 0 Å². The summed E-state index contributed by atoms with van der Waals surface area (Å²) in [5.74, 6) is 0. The van der Waals surface area contributed by atoms with Gasteiger partial charge in [0.25, 0.3) is 0 Å². The molecule has 0 unspecified atom stereocenters. The smallest absolute Gasteiger partial charge is 0.182 e. The van der Waals surface area contributed by atoms with Crippen LogP contribution < -0.4 is 5.32 Å². The van der Waals surface area contributed by atoms with Gasteiger partial charge in [-0.05, 0) is 24.5 Å². The molecule has 0 saturated heterocycles. The fourth-order valence-corrected chi connectivity index (χ4v) is 2.57. The number of anilines is 1. The van der Waals surface area contributed by atoms with E-state index in [1.165, 1.54) is 21.7 Å². The molecule has 0 aliphatic rings. The second-order valence-electron chi connectivity index (χ2n) is 4.12. The fourth-order valence-electron chi connectivity index (χ4n) is 1.79. The lowest BCUT2D eigenvalue weighted by atomic mass is 10.1. The van der Waals surface area contributed by atoms with Crippen LogP contribution >= 0.6 is 11.3 Å². The predicted octanol–water partition coefficient (Wildman–Crippen LogP) is 3.65. The Morgan fingerprint density at radius 2 is 1.82 bits per heavy atom. The molecule has 0 atom stereocenters. The van der Waals surface area contributed by atoms with Crippen LogP contribution in [0.2, 0.25) is 0 Å². The van der Waals surface area contributed by atoms with Gasteiger partial charge in [-0.2, -0.15) is 0 Å². The Kier molecular flexibility index (Phi) is 3.79.